The van der Waals surface area contributed by atoms with Crippen molar-refractivity contribution in [1.29, 1.82) is 0 Å². The Bertz CT molecular complexity index is 762. The molecule has 27 heavy (non-hydrogen) atoms. The number of hydrogen-bond acceptors (Lipinski definition) is 6. The van der Waals surface area contributed by atoms with Crippen LogP contribution in [0.4, 0.5) is 5.82 Å². The van der Waals surface area contributed by atoms with E-state index in [1.165, 1.54) is 0 Å². The van der Waals surface area contributed by atoms with Crippen LogP contribution in [0.1, 0.15) is 19.2 Å². The number of carbonyl (C=O) groups excluding carboxylic acids is 1. The van der Waals surface area contributed by atoms with Crippen molar-refractivity contribution < 1.29 is 14.3 Å². The molecule has 0 N–H and O–H groups in total. The third kappa shape index (κ3) is 4.93. The van der Waals surface area contributed by atoms with Gasteiger partial charge in [-0.2, -0.15) is 0 Å². The van der Waals surface area contributed by atoms with Crippen molar-refractivity contribution >= 4 is 22.6 Å². The number of methoxy groups -OCH3 is 1. The fourth-order valence-corrected chi connectivity index (χ4v) is 3.23. The summed E-state index contributed by atoms with van der Waals surface area (Å²) in [6.07, 6.45) is 1.21. The Balaban J connectivity index is 1.81. The predicted molar refractivity (Wildman–Crippen MR) is 105 cm³/mol. The molecule has 146 valence electrons. The van der Waals surface area contributed by atoms with Gasteiger partial charge >= 0.3 is 0 Å². The van der Waals surface area contributed by atoms with Crippen LogP contribution in [0.3, 0.4) is 0 Å². The van der Waals surface area contributed by atoms with Gasteiger partial charge in [-0.1, -0.05) is 19.1 Å². The number of para-hydroxylation sites is 1. The van der Waals surface area contributed by atoms with Crippen LogP contribution in [0, 0.1) is 0 Å². The van der Waals surface area contributed by atoms with E-state index < -0.39 is 0 Å². The van der Waals surface area contributed by atoms with E-state index in [1.54, 1.807) is 7.11 Å². The zero-order valence-electron chi connectivity index (χ0n) is 16.2. The standard InChI is InChI=1S/C20H28N4O3/c1-3-18-21-17-7-5-4-6-16(17)20(22-18)24(10-13-26-2)9-8-19(25)23-11-14-27-15-12-23/h4-7H,3,8-15H2,1-2H3. The van der Waals surface area contributed by atoms with E-state index in [1.807, 2.05) is 29.2 Å². The molecule has 0 saturated carbocycles. The molecular formula is C20H28N4O3. The molecule has 2 heterocycles. The fourth-order valence-electron chi connectivity index (χ4n) is 3.23. The van der Waals surface area contributed by atoms with Gasteiger partial charge in [-0.25, -0.2) is 9.97 Å². The molecule has 1 aromatic heterocycles. The molecule has 0 bridgehead atoms. The molecular weight excluding hydrogens is 344 g/mol. The minimum absolute atomic E-state index is 0.162. The van der Waals surface area contributed by atoms with Crippen molar-refractivity contribution in [3.8, 4) is 0 Å². The first-order valence-electron chi connectivity index (χ1n) is 9.58. The van der Waals surface area contributed by atoms with Gasteiger partial charge in [0.2, 0.25) is 5.91 Å². The Morgan fingerprint density at radius 3 is 2.74 bits per heavy atom. The van der Waals surface area contributed by atoms with Crippen molar-refractivity contribution in [2.75, 3.05) is 58.0 Å². The molecule has 0 atom stereocenters. The second-order valence-electron chi connectivity index (χ2n) is 6.56. The number of aryl methyl sites for hydroxylation is 1. The highest BCUT2D eigenvalue weighted by molar-refractivity contribution is 5.89. The molecule has 3 rings (SSSR count). The number of anilines is 1. The fraction of sp³-hybridized carbons (Fsp3) is 0.550. The number of fused-ring (bicyclic) bond motifs is 1. The Morgan fingerprint density at radius 1 is 1.22 bits per heavy atom. The number of nitrogens with zero attached hydrogens (tertiary/aromatic N) is 4. The summed E-state index contributed by atoms with van der Waals surface area (Å²) >= 11 is 0. The highest BCUT2D eigenvalue weighted by atomic mass is 16.5. The molecule has 0 radical (unpaired) electrons. The largest absolute Gasteiger partial charge is 0.383 e. The van der Waals surface area contributed by atoms with Crippen LogP contribution < -0.4 is 4.90 Å². The molecule has 7 heteroatoms. The Labute approximate surface area is 160 Å². The normalized spacial score (nSPS) is 14.5. The topological polar surface area (TPSA) is 67.8 Å². The Hall–Kier alpha value is -2.25. The van der Waals surface area contributed by atoms with Crippen LogP contribution in [-0.4, -0.2) is 73.9 Å². The highest BCUT2D eigenvalue weighted by Crippen LogP contribution is 2.24. The highest BCUT2D eigenvalue weighted by Gasteiger charge is 2.20. The lowest BCUT2D eigenvalue weighted by Crippen LogP contribution is -2.42. The summed E-state index contributed by atoms with van der Waals surface area (Å²) in [5.74, 6) is 1.85. The summed E-state index contributed by atoms with van der Waals surface area (Å²) in [7, 11) is 1.69. The second kappa shape index (κ2) is 9.62. The number of ether oxygens (including phenoxy) is 2. The number of carbonyl (C=O) groups is 1. The van der Waals surface area contributed by atoms with Gasteiger partial charge in [-0.15, -0.1) is 0 Å². The Morgan fingerprint density at radius 2 is 2.00 bits per heavy atom. The van der Waals surface area contributed by atoms with Gasteiger partial charge in [-0.3, -0.25) is 4.79 Å². The smallest absolute Gasteiger partial charge is 0.224 e. The molecule has 1 saturated heterocycles. The molecule has 2 aromatic rings. The van der Waals surface area contributed by atoms with Crippen molar-refractivity contribution in [2.45, 2.75) is 19.8 Å². The summed E-state index contributed by atoms with van der Waals surface area (Å²) in [5, 5.41) is 1.00. The van der Waals surface area contributed by atoms with Gasteiger partial charge in [0.15, 0.2) is 0 Å². The lowest BCUT2D eigenvalue weighted by Gasteiger charge is -2.29. The first kappa shape index (κ1) is 19.5. The maximum absolute atomic E-state index is 12.6. The third-order valence-electron chi connectivity index (χ3n) is 4.77. The van der Waals surface area contributed by atoms with Crippen LogP contribution in [0.25, 0.3) is 10.9 Å². The van der Waals surface area contributed by atoms with Crippen molar-refractivity contribution in [3.63, 3.8) is 0 Å². The zero-order chi connectivity index (χ0) is 19.1. The monoisotopic (exact) mass is 372 g/mol. The van der Waals surface area contributed by atoms with Crippen LogP contribution in [-0.2, 0) is 20.7 Å². The quantitative estimate of drug-likeness (QED) is 0.705. The number of aromatic nitrogens is 2. The van der Waals surface area contributed by atoms with Gasteiger partial charge < -0.3 is 19.3 Å². The summed E-state index contributed by atoms with van der Waals surface area (Å²) in [4.78, 5) is 26.0. The molecule has 1 aliphatic heterocycles. The van der Waals surface area contributed by atoms with Gasteiger partial charge in [0.05, 0.1) is 25.3 Å². The number of benzene rings is 1. The van der Waals surface area contributed by atoms with Gasteiger partial charge in [0, 0.05) is 51.5 Å². The number of hydrogen-bond donors (Lipinski definition) is 0. The van der Waals surface area contributed by atoms with E-state index in [2.05, 4.69) is 16.8 Å². The van der Waals surface area contributed by atoms with E-state index in [-0.39, 0.29) is 5.91 Å². The summed E-state index contributed by atoms with van der Waals surface area (Å²) in [5.41, 5.74) is 0.932. The van der Waals surface area contributed by atoms with E-state index in [0.717, 1.165) is 29.0 Å². The molecule has 0 aliphatic carbocycles. The van der Waals surface area contributed by atoms with E-state index >= 15 is 0 Å². The average Bonchev–Trinajstić information content (AvgIpc) is 2.73. The molecule has 1 amide bonds. The van der Waals surface area contributed by atoms with Crippen LogP contribution in [0.15, 0.2) is 24.3 Å². The van der Waals surface area contributed by atoms with Gasteiger partial charge in [-0.05, 0) is 12.1 Å². The number of morpholine rings is 1. The van der Waals surface area contributed by atoms with Gasteiger partial charge in [0.25, 0.3) is 0 Å². The maximum atomic E-state index is 12.6. The molecule has 0 spiro atoms. The zero-order valence-corrected chi connectivity index (χ0v) is 16.2. The molecule has 1 aliphatic rings. The van der Waals surface area contributed by atoms with Crippen LogP contribution in [0.2, 0.25) is 0 Å². The molecule has 0 unspecified atom stereocenters. The first-order valence-corrected chi connectivity index (χ1v) is 9.58. The Kier molecular flexibility index (Phi) is 6.95. The maximum Gasteiger partial charge on any atom is 0.224 e. The average molecular weight is 372 g/mol. The van der Waals surface area contributed by atoms with E-state index in [4.69, 9.17) is 14.5 Å². The predicted octanol–water partition coefficient (Wildman–Crippen LogP) is 1.89. The SMILES string of the molecule is CCc1nc(N(CCOC)CCC(=O)N2CCOCC2)c2ccccc2n1. The summed E-state index contributed by atoms with van der Waals surface area (Å²) in [6.45, 7) is 6.49. The van der Waals surface area contributed by atoms with Crippen molar-refractivity contribution in [1.82, 2.24) is 14.9 Å². The van der Waals surface area contributed by atoms with Gasteiger partial charge in [0.1, 0.15) is 11.6 Å². The number of amides is 1. The number of rotatable bonds is 8. The third-order valence-corrected chi connectivity index (χ3v) is 4.77. The van der Waals surface area contributed by atoms with E-state index in [0.29, 0.717) is 52.4 Å². The summed E-state index contributed by atoms with van der Waals surface area (Å²) in [6, 6.07) is 8.02. The molecule has 1 fully saturated rings. The van der Waals surface area contributed by atoms with E-state index in [9.17, 15) is 4.79 Å². The molecule has 7 nitrogen and oxygen atoms in total. The second-order valence-corrected chi connectivity index (χ2v) is 6.56. The minimum atomic E-state index is 0.162. The lowest BCUT2D eigenvalue weighted by atomic mass is 10.2. The molecule has 1 aromatic carbocycles. The first-order chi connectivity index (χ1) is 13.2. The van der Waals surface area contributed by atoms with Crippen molar-refractivity contribution in [2.24, 2.45) is 0 Å². The summed E-state index contributed by atoms with van der Waals surface area (Å²) < 4.78 is 10.6. The lowest BCUT2D eigenvalue weighted by molar-refractivity contribution is -0.135. The van der Waals surface area contributed by atoms with Crippen molar-refractivity contribution in [3.05, 3.63) is 30.1 Å². The van der Waals surface area contributed by atoms with Crippen LogP contribution in [0.5, 0.6) is 0 Å². The van der Waals surface area contributed by atoms with Crippen LogP contribution >= 0.6 is 0 Å². The minimum Gasteiger partial charge on any atom is -0.383 e.